The predicted molar refractivity (Wildman–Crippen MR) is 141 cm³/mol. The minimum atomic E-state index is -3.67. The molecule has 0 spiro atoms. The zero-order valence-electron chi connectivity index (χ0n) is 21.2. The van der Waals surface area contributed by atoms with Crippen molar-refractivity contribution in [3.05, 3.63) is 62.6 Å². The maximum Gasteiger partial charge on any atom is 0.270 e. The van der Waals surface area contributed by atoms with Gasteiger partial charge in [-0.3, -0.25) is 28.3 Å². The number of pyridine rings is 2. The van der Waals surface area contributed by atoms with Gasteiger partial charge in [-0.2, -0.15) is 8.42 Å². The van der Waals surface area contributed by atoms with Gasteiger partial charge in [-0.1, -0.05) is 0 Å². The molecule has 1 saturated heterocycles. The highest BCUT2D eigenvalue weighted by molar-refractivity contribution is 7.85. The lowest BCUT2D eigenvalue weighted by Gasteiger charge is -2.34. The molecule has 3 aromatic rings. The quantitative estimate of drug-likeness (QED) is 0.437. The number of hydrogen-bond acceptors (Lipinski definition) is 9. The van der Waals surface area contributed by atoms with Crippen molar-refractivity contribution in [2.24, 2.45) is 0 Å². The highest BCUT2D eigenvalue weighted by atomic mass is 32.2. The van der Waals surface area contributed by atoms with Gasteiger partial charge in [-0.25, -0.2) is 4.98 Å². The van der Waals surface area contributed by atoms with Crippen LogP contribution in [0.5, 0.6) is 5.75 Å². The van der Waals surface area contributed by atoms with Crippen LogP contribution in [0.25, 0.3) is 11.2 Å². The molecule has 0 radical (unpaired) electrons. The molecule has 0 saturated carbocycles. The van der Waals surface area contributed by atoms with E-state index < -0.39 is 10.1 Å². The van der Waals surface area contributed by atoms with E-state index in [1.807, 2.05) is 6.20 Å². The second-order valence-electron chi connectivity index (χ2n) is 10.0. The molecule has 3 aliphatic rings. The van der Waals surface area contributed by atoms with Gasteiger partial charge in [0.2, 0.25) is 0 Å². The summed E-state index contributed by atoms with van der Waals surface area (Å²) in [6.45, 7) is 4.78. The minimum absolute atomic E-state index is 0.0375. The third kappa shape index (κ3) is 6.12. The molecule has 2 N–H and O–H groups in total. The molecule has 0 aromatic carbocycles. The van der Waals surface area contributed by atoms with Gasteiger partial charge < -0.3 is 15.0 Å². The second-order valence-corrected chi connectivity index (χ2v) is 11.5. The standard InChI is InChI=1S/C24H28N6O3.CH4O3S/c31-22-4-3-20-24-29(22)15-19(30(24)23(32)13-27-20)14-28-7-5-17(6-8-28)25-11-18-10-16-2-1-9-33-21(16)12-26-18;1-5(2,3)4/h3-4,10,12-13,17,19,25H,1-2,5-9,11,14-15H2;1H3,(H,2,3,4)/t19-;/m1./s1. The number of aryl methyl sites for hydroxylation is 1. The van der Waals surface area contributed by atoms with E-state index in [4.69, 9.17) is 9.29 Å². The molecule has 6 heterocycles. The summed E-state index contributed by atoms with van der Waals surface area (Å²) in [7, 11) is -3.67. The summed E-state index contributed by atoms with van der Waals surface area (Å²) in [5, 5.41) is 3.67. The van der Waals surface area contributed by atoms with Crippen LogP contribution in [-0.2, 0) is 29.6 Å². The Morgan fingerprint density at radius 3 is 2.66 bits per heavy atom. The number of piperidine rings is 1. The molecule has 13 heteroatoms. The minimum Gasteiger partial charge on any atom is -0.492 e. The number of ether oxygens (including phenoxy) is 1. The highest BCUT2D eigenvalue weighted by Crippen LogP contribution is 2.25. The molecule has 204 valence electrons. The summed E-state index contributed by atoms with van der Waals surface area (Å²) in [5.74, 6) is 0.931. The predicted octanol–water partition coefficient (Wildman–Crippen LogP) is 0.591. The van der Waals surface area contributed by atoms with Crippen LogP contribution in [0, 0.1) is 0 Å². The summed E-state index contributed by atoms with van der Waals surface area (Å²) in [6, 6.07) is 5.82. The first kappa shape index (κ1) is 26.5. The largest absolute Gasteiger partial charge is 0.492 e. The van der Waals surface area contributed by atoms with Gasteiger partial charge in [0.1, 0.15) is 16.9 Å². The van der Waals surface area contributed by atoms with Crippen LogP contribution in [0.15, 0.2) is 40.2 Å². The van der Waals surface area contributed by atoms with Crippen molar-refractivity contribution in [1.29, 1.82) is 0 Å². The van der Waals surface area contributed by atoms with Gasteiger partial charge in [0, 0.05) is 31.7 Å². The fourth-order valence-electron chi connectivity index (χ4n) is 5.43. The van der Waals surface area contributed by atoms with Gasteiger partial charge in [0.15, 0.2) is 0 Å². The van der Waals surface area contributed by atoms with Gasteiger partial charge in [-0.05, 0) is 56.5 Å². The molecular formula is C25H32N6O6S. The summed E-state index contributed by atoms with van der Waals surface area (Å²) in [4.78, 5) is 36.1. The normalized spacial score (nSPS) is 19.5. The Hall–Kier alpha value is -3.13. The third-order valence-electron chi connectivity index (χ3n) is 7.15. The lowest BCUT2D eigenvalue weighted by Crippen LogP contribution is -2.44. The molecule has 38 heavy (non-hydrogen) atoms. The summed E-state index contributed by atoms with van der Waals surface area (Å²) in [6.07, 6.45) is 8.17. The Morgan fingerprint density at radius 2 is 1.89 bits per heavy atom. The molecule has 0 amide bonds. The van der Waals surface area contributed by atoms with Gasteiger partial charge in [-0.15, -0.1) is 0 Å². The van der Waals surface area contributed by atoms with E-state index in [2.05, 4.69) is 26.3 Å². The number of likely N-dealkylation sites (tertiary alicyclic amines) is 1. The molecule has 1 atom stereocenters. The summed E-state index contributed by atoms with van der Waals surface area (Å²) in [5.41, 5.74) is 3.47. The van der Waals surface area contributed by atoms with Gasteiger partial charge in [0.25, 0.3) is 21.2 Å². The smallest absolute Gasteiger partial charge is 0.270 e. The van der Waals surface area contributed by atoms with Crippen LogP contribution in [0.3, 0.4) is 0 Å². The first-order valence-corrected chi connectivity index (χ1v) is 14.6. The molecule has 0 unspecified atom stereocenters. The van der Waals surface area contributed by atoms with Crippen molar-refractivity contribution in [2.45, 2.75) is 50.9 Å². The van der Waals surface area contributed by atoms with Crippen LogP contribution in [0.2, 0.25) is 0 Å². The number of hydrogen-bond donors (Lipinski definition) is 2. The number of nitrogens with one attached hydrogen (secondary N) is 1. The van der Waals surface area contributed by atoms with E-state index in [0.717, 1.165) is 69.9 Å². The van der Waals surface area contributed by atoms with Gasteiger partial charge in [0.05, 0.1) is 37.0 Å². The lowest BCUT2D eigenvalue weighted by molar-refractivity contribution is 0.171. The molecule has 3 aliphatic heterocycles. The summed E-state index contributed by atoms with van der Waals surface area (Å²) >= 11 is 0. The first-order valence-electron chi connectivity index (χ1n) is 12.8. The lowest BCUT2D eigenvalue weighted by atomic mass is 10.0. The summed E-state index contributed by atoms with van der Waals surface area (Å²) < 4.78 is 35.0. The molecular weight excluding hydrogens is 512 g/mol. The average molecular weight is 545 g/mol. The van der Waals surface area contributed by atoms with Crippen molar-refractivity contribution in [2.75, 3.05) is 32.5 Å². The Labute approximate surface area is 220 Å². The third-order valence-corrected chi connectivity index (χ3v) is 7.15. The number of nitrogens with zero attached hydrogens (tertiary/aromatic N) is 5. The Bertz CT molecular complexity index is 1530. The monoisotopic (exact) mass is 544 g/mol. The topological polar surface area (TPSA) is 149 Å². The Kier molecular flexibility index (Phi) is 7.61. The molecule has 6 rings (SSSR count). The van der Waals surface area contributed by atoms with Crippen LogP contribution < -0.4 is 21.2 Å². The number of aromatic nitrogens is 4. The van der Waals surface area contributed by atoms with Crippen LogP contribution in [-0.4, -0.2) is 75.5 Å². The Balaban J connectivity index is 0.000000540. The van der Waals surface area contributed by atoms with Crippen molar-refractivity contribution in [3.8, 4) is 5.75 Å². The van der Waals surface area contributed by atoms with Crippen molar-refractivity contribution < 1.29 is 17.7 Å². The van der Waals surface area contributed by atoms with E-state index in [-0.39, 0.29) is 17.2 Å². The molecule has 12 nitrogen and oxygen atoms in total. The molecule has 3 aromatic heterocycles. The van der Waals surface area contributed by atoms with Crippen molar-refractivity contribution in [3.63, 3.8) is 0 Å². The molecule has 1 fully saturated rings. The van der Waals surface area contributed by atoms with Gasteiger partial charge >= 0.3 is 0 Å². The maximum absolute atomic E-state index is 12.6. The van der Waals surface area contributed by atoms with E-state index in [1.165, 1.54) is 17.8 Å². The SMILES string of the molecule is CS(=O)(=O)O.O=c1ccc2ncc(=O)n3c2n1C[C@H]3CN1CCC(NCc2cc3c(cn2)OCCC3)CC1. The first-order chi connectivity index (χ1) is 18.2. The van der Waals surface area contributed by atoms with Crippen LogP contribution >= 0.6 is 0 Å². The van der Waals surface area contributed by atoms with Crippen molar-refractivity contribution in [1.82, 2.24) is 29.3 Å². The van der Waals surface area contributed by atoms with E-state index in [1.54, 1.807) is 15.2 Å². The van der Waals surface area contributed by atoms with Crippen LogP contribution in [0.4, 0.5) is 0 Å². The number of rotatable bonds is 5. The van der Waals surface area contributed by atoms with Crippen molar-refractivity contribution >= 4 is 21.3 Å². The van der Waals surface area contributed by atoms with E-state index in [0.29, 0.717) is 30.0 Å². The zero-order chi connectivity index (χ0) is 26.9. The number of fused-ring (bicyclic) bond motifs is 1. The molecule has 0 aliphatic carbocycles. The van der Waals surface area contributed by atoms with Crippen LogP contribution in [0.1, 0.15) is 36.6 Å². The highest BCUT2D eigenvalue weighted by Gasteiger charge is 2.29. The maximum atomic E-state index is 12.6. The van der Waals surface area contributed by atoms with E-state index >= 15 is 0 Å². The molecule has 0 bridgehead atoms. The Morgan fingerprint density at radius 1 is 1.13 bits per heavy atom. The average Bonchev–Trinajstić information content (AvgIpc) is 3.27. The second kappa shape index (κ2) is 10.9. The fraction of sp³-hybridized carbons (Fsp3) is 0.520. The van der Waals surface area contributed by atoms with E-state index in [9.17, 15) is 18.0 Å². The fourth-order valence-corrected chi connectivity index (χ4v) is 5.43. The zero-order valence-corrected chi connectivity index (χ0v) is 22.1.